The quantitative estimate of drug-likeness (QED) is 0.485. The molecule has 0 aromatic carbocycles. The summed E-state index contributed by atoms with van der Waals surface area (Å²) in [6.45, 7) is 2.01. The van der Waals surface area contributed by atoms with Crippen molar-refractivity contribution in [3.8, 4) is 0 Å². The van der Waals surface area contributed by atoms with Crippen LogP contribution in [0.4, 0.5) is 8.78 Å². The van der Waals surface area contributed by atoms with E-state index in [9.17, 15) is 8.78 Å². The van der Waals surface area contributed by atoms with Gasteiger partial charge in [-0.25, -0.2) is 8.78 Å². The molecule has 0 unspecified atom stereocenters. The van der Waals surface area contributed by atoms with Crippen LogP contribution >= 0.6 is 15.9 Å². The van der Waals surface area contributed by atoms with Gasteiger partial charge in [-0.2, -0.15) is 0 Å². The van der Waals surface area contributed by atoms with Gasteiger partial charge in [-0.3, -0.25) is 0 Å². The molecular formula is C7H13BrF2. The molecule has 0 spiro atoms. The van der Waals surface area contributed by atoms with Crippen molar-refractivity contribution in [2.24, 2.45) is 0 Å². The Bertz CT molecular complexity index is 83.7. The number of rotatable bonds is 5. The van der Waals surface area contributed by atoms with Crippen LogP contribution in [-0.2, 0) is 0 Å². The molecule has 0 amide bonds. The van der Waals surface area contributed by atoms with Crippen molar-refractivity contribution in [3.05, 3.63) is 0 Å². The standard InChI is InChI=1S/C7H13BrF2/c1-2-3-4-5-7(9,10)6-8/h2-6H2,1H3. The van der Waals surface area contributed by atoms with E-state index in [4.69, 9.17) is 0 Å². The number of hydrogen-bond donors (Lipinski definition) is 0. The zero-order chi connectivity index (χ0) is 8.04. The Labute approximate surface area is 69.1 Å². The average Bonchev–Trinajstić information content (AvgIpc) is 1.89. The second kappa shape index (κ2) is 5.05. The molecule has 0 aromatic rings. The minimum atomic E-state index is -2.49. The van der Waals surface area contributed by atoms with E-state index in [-0.39, 0.29) is 11.8 Å². The summed E-state index contributed by atoms with van der Waals surface area (Å²) in [5.74, 6) is -2.49. The molecule has 0 saturated carbocycles. The van der Waals surface area contributed by atoms with Crippen LogP contribution in [0.5, 0.6) is 0 Å². The summed E-state index contributed by atoms with van der Waals surface area (Å²) in [4.78, 5) is 0. The molecule has 0 fully saturated rings. The smallest absolute Gasteiger partial charge is 0.206 e. The van der Waals surface area contributed by atoms with Crippen molar-refractivity contribution in [3.63, 3.8) is 0 Å². The zero-order valence-corrected chi connectivity index (χ0v) is 7.76. The van der Waals surface area contributed by atoms with Gasteiger partial charge in [0.25, 0.3) is 5.92 Å². The van der Waals surface area contributed by atoms with E-state index in [1.165, 1.54) is 0 Å². The summed E-state index contributed by atoms with van der Waals surface area (Å²) in [5.41, 5.74) is 0. The lowest BCUT2D eigenvalue weighted by atomic mass is 10.1. The van der Waals surface area contributed by atoms with Crippen LogP contribution < -0.4 is 0 Å². The maximum atomic E-state index is 12.4. The first-order chi connectivity index (χ1) is 4.62. The predicted molar refractivity (Wildman–Crippen MR) is 42.9 cm³/mol. The minimum Gasteiger partial charge on any atom is -0.206 e. The lowest BCUT2D eigenvalue weighted by Gasteiger charge is -2.11. The molecule has 10 heavy (non-hydrogen) atoms. The Balaban J connectivity index is 3.28. The third kappa shape index (κ3) is 5.15. The van der Waals surface area contributed by atoms with Crippen LogP contribution in [0, 0.1) is 0 Å². The Morgan fingerprint density at radius 1 is 1.30 bits per heavy atom. The maximum Gasteiger partial charge on any atom is 0.257 e. The molecule has 0 aliphatic carbocycles. The lowest BCUT2D eigenvalue weighted by molar-refractivity contribution is 0.0171. The summed E-state index contributed by atoms with van der Waals surface area (Å²) in [6, 6.07) is 0. The van der Waals surface area contributed by atoms with E-state index >= 15 is 0 Å². The molecule has 0 bridgehead atoms. The fraction of sp³-hybridized carbons (Fsp3) is 1.00. The first-order valence-electron chi connectivity index (χ1n) is 3.56. The highest BCUT2D eigenvalue weighted by atomic mass is 79.9. The third-order valence-electron chi connectivity index (χ3n) is 1.34. The van der Waals surface area contributed by atoms with Crippen molar-refractivity contribution < 1.29 is 8.78 Å². The summed E-state index contributed by atoms with van der Waals surface area (Å²) >= 11 is 2.77. The highest BCUT2D eigenvalue weighted by molar-refractivity contribution is 9.09. The molecule has 0 saturated heterocycles. The van der Waals surface area contributed by atoms with Crippen LogP contribution in [0.2, 0.25) is 0 Å². The zero-order valence-electron chi connectivity index (χ0n) is 6.17. The first-order valence-corrected chi connectivity index (χ1v) is 4.68. The average molecular weight is 215 g/mol. The maximum absolute atomic E-state index is 12.4. The first kappa shape index (κ1) is 10.3. The molecule has 0 aliphatic heterocycles. The van der Waals surface area contributed by atoms with Gasteiger partial charge in [0.15, 0.2) is 0 Å². The van der Waals surface area contributed by atoms with Crippen LogP contribution in [0.1, 0.15) is 32.6 Å². The fourth-order valence-electron chi connectivity index (χ4n) is 0.700. The van der Waals surface area contributed by atoms with E-state index in [1.807, 2.05) is 6.92 Å². The van der Waals surface area contributed by atoms with E-state index in [1.54, 1.807) is 0 Å². The monoisotopic (exact) mass is 214 g/mol. The Morgan fingerprint density at radius 3 is 2.30 bits per heavy atom. The molecule has 3 heteroatoms. The summed E-state index contributed by atoms with van der Waals surface area (Å²) in [6.07, 6.45) is 2.56. The molecule has 0 N–H and O–H groups in total. The summed E-state index contributed by atoms with van der Waals surface area (Å²) in [5, 5.41) is -0.205. The molecular weight excluding hydrogens is 202 g/mol. The fourth-order valence-corrected chi connectivity index (χ4v) is 0.981. The van der Waals surface area contributed by atoms with Gasteiger partial charge in [0.2, 0.25) is 0 Å². The Hall–Kier alpha value is 0.340. The van der Waals surface area contributed by atoms with Crippen molar-refractivity contribution in [1.29, 1.82) is 0 Å². The topological polar surface area (TPSA) is 0 Å². The number of hydrogen-bond acceptors (Lipinski definition) is 0. The molecule has 0 nitrogen and oxygen atoms in total. The van der Waals surface area contributed by atoms with Crippen molar-refractivity contribution in [2.75, 3.05) is 5.33 Å². The number of halogens is 3. The van der Waals surface area contributed by atoms with Crippen LogP contribution in [-0.4, -0.2) is 11.3 Å². The Kier molecular flexibility index (Phi) is 5.22. The predicted octanol–water partition coefficient (Wildman–Crippen LogP) is 3.60. The Morgan fingerprint density at radius 2 is 1.90 bits per heavy atom. The van der Waals surface area contributed by atoms with Gasteiger partial charge in [0.05, 0.1) is 5.33 Å². The molecule has 0 atom stereocenters. The largest absolute Gasteiger partial charge is 0.257 e. The van der Waals surface area contributed by atoms with Crippen LogP contribution in [0.3, 0.4) is 0 Å². The van der Waals surface area contributed by atoms with Gasteiger partial charge in [0.1, 0.15) is 0 Å². The van der Waals surface area contributed by atoms with E-state index in [0.29, 0.717) is 6.42 Å². The molecule has 0 radical (unpaired) electrons. The van der Waals surface area contributed by atoms with Crippen LogP contribution in [0.15, 0.2) is 0 Å². The van der Waals surface area contributed by atoms with Crippen molar-refractivity contribution in [2.45, 2.75) is 38.5 Å². The molecule has 0 heterocycles. The van der Waals surface area contributed by atoms with Crippen molar-refractivity contribution in [1.82, 2.24) is 0 Å². The number of unbranched alkanes of at least 4 members (excludes halogenated alkanes) is 2. The van der Waals surface area contributed by atoms with E-state index < -0.39 is 5.92 Å². The van der Waals surface area contributed by atoms with E-state index in [2.05, 4.69) is 15.9 Å². The van der Waals surface area contributed by atoms with Gasteiger partial charge in [-0.15, -0.1) is 0 Å². The van der Waals surface area contributed by atoms with Crippen molar-refractivity contribution >= 4 is 15.9 Å². The highest BCUT2D eigenvalue weighted by Crippen LogP contribution is 2.23. The summed E-state index contributed by atoms with van der Waals surface area (Å²) < 4.78 is 24.9. The van der Waals surface area contributed by atoms with Gasteiger partial charge >= 0.3 is 0 Å². The third-order valence-corrected chi connectivity index (χ3v) is 2.16. The molecule has 0 rings (SSSR count). The van der Waals surface area contributed by atoms with Gasteiger partial charge in [-0.05, 0) is 6.42 Å². The second-order valence-corrected chi connectivity index (χ2v) is 3.01. The molecule has 62 valence electrons. The highest BCUT2D eigenvalue weighted by Gasteiger charge is 2.25. The van der Waals surface area contributed by atoms with E-state index in [0.717, 1.165) is 12.8 Å². The summed E-state index contributed by atoms with van der Waals surface area (Å²) in [7, 11) is 0. The molecule has 0 aliphatic rings. The van der Waals surface area contributed by atoms with Gasteiger partial charge < -0.3 is 0 Å². The normalized spacial score (nSPS) is 12.0. The second-order valence-electron chi connectivity index (χ2n) is 2.45. The molecule has 0 aromatic heterocycles. The van der Waals surface area contributed by atoms with Gasteiger partial charge in [0, 0.05) is 6.42 Å². The lowest BCUT2D eigenvalue weighted by Crippen LogP contribution is -2.17. The van der Waals surface area contributed by atoms with Crippen LogP contribution in [0.25, 0.3) is 0 Å². The SMILES string of the molecule is CCCCCC(F)(F)CBr. The minimum absolute atomic E-state index is 0.0199. The number of alkyl halides is 3. The van der Waals surface area contributed by atoms with Gasteiger partial charge in [-0.1, -0.05) is 35.7 Å².